The van der Waals surface area contributed by atoms with Gasteiger partial charge in [-0.15, -0.1) is 0 Å². The summed E-state index contributed by atoms with van der Waals surface area (Å²) in [6.07, 6.45) is 5.57. The van der Waals surface area contributed by atoms with Gasteiger partial charge in [-0.3, -0.25) is 0 Å². The van der Waals surface area contributed by atoms with Crippen molar-refractivity contribution in [2.75, 3.05) is 7.11 Å². The van der Waals surface area contributed by atoms with Crippen molar-refractivity contribution in [2.45, 2.75) is 77.2 Å². The molecule has 7 atom stereocenters. The zero-order valence-corrected chi connectivity index (χ0v) is 18.9. The molecule has 2 aliphatic carbocycles. The van der Waals surface area contributed by atoms with Gasteiger partial charge in [0.25, 0.3) is 0 Å². The van der Waals surface area contributed by atoms with Crippen molar-refractivity contribution in [1.29, 1.82) is 0 Å². The summed E-state index contributed by atoms with van der Waals surface area (Å²) in [5, 5.41) is 21.5. The molecule has 0 unspecified atom stereocenters. The average molecular weight is 415 g/mol. The van der Waals surface area contributed by atoms with Crippen molar-refractivity contribution in [3.05, 3.63) is 34.9 Å². The minimum absolute atomic E-state index is 0.0393. The number of methoxy groups -OCH3 is 1. The summed E-state index contributed by atoms with van der Waals surface area (Å²) in [5.41, 5.74) is 1.54. The Labute approximate surface area is 179 Å². The molecule has 1 aromatic rings. The highest BCUT2D eigenvalue weighted by Gasteiger charge is 2.74. The number of hydrogen-bond acceptors (Lipinski definition) is 5. The summed E-state index contributed by atoms with van der Waals surface area (Å²) in [7, 11) is 1.63. The van der Waals surface area contributed by atoms with Crippen LogP contribution in [0.1, 0.15) is 64.2 Å². The molecule has 164 valence electrons. The maximum atomic E-state index is 11.4. The molecule has 2 aliphatic heterocycles. The zero-order chi connectivity index (χ0) is 21.7. The van der Waals surface area contributed by atoms with Gasteiger partial charge in [0.05, 0.1) is 19.3 Å². The Morgan fingerprint density at radius 1 is 1.13 bits per heavy atom. The molecular weight excluding hydrogens is 380 g/mol. The number of aliphatic hydroxyl groups excluding tert-OH is 2. The van der Waals surface area contributed by atoms with Crippen LogP contribution in [0.5, 0.6) is 5.75 Å². The van der Waals surface area contributed by atoms with Gasteiger partial charge in [0.1, 0.15) is 17.5 Å². The maximum absolute atomic E-state index is 11.4. The summed E-state index contributed by atoms with van der Waals surface area (Å²) < 4.78 is 19.2. The molecule has 2 N–H and O–H groups in total. The number of benzene rings is 1. The standard InChI is InChI=1S/C25H34O5/c1-14-18-10-12-24(30-25(14)21(27)15(2)22(3,4)29-25)19-7-8-20(28-6)17(13-26)16(19)9-11-23(18,24)5/h7-9,11,14-15,18,21,26-27H,10,12-13H2,1-6H3/t14-,15-,18-,21+,23+,24+,25-/m0/s1. The van der Waals surface area contributed by atoms with E-state index in [1.54, 1.807) is 7.11 Å². The van der Waals surface area contributed by atoms with Crippen molar-refractivity contribution < 1.29 is 24.4 Å². The van der Waals surface area contributed by atoms with Crippen LogP contribution in [0.15, 0.2) is 18.2 Å². The number of rotatable bonds is 2. The molecule has 0 radical (unpaired) electrons. The van der Waals surface area contributed by atoms with E-state index in [-0.39, 0.29) is 23.9 Å². The Morgan fingerprint density at radius 2 is 1.87 bits per heavy atom. The maximum Gasteiger partial charge on any atom is 0.199 e. The van der Waals surface area contributed by atoms with Gasteiger partial charge in [-0.1, -0.05) is 39.0 Å². The van der Waals surface area contributed by atoms with Gasteiger partial charge in [-0.05, 0) is 49.8 Å². The van der Waals surface area contributed by atoms with Crippen molar-refractivity contribution in [3.63, 3.8) is 0 Å². The molecule has 1 spiro atoms. The Morgan fingerprint density at radius 3 is 2.47 bits per heavy atom. The Bertz CT molecular complexity index is 922. The molecule has 0 aromatic heterocycles. The fourth-order valence-corrected chi connectivity index (χ4v) is 7.08. The minimum atomic E-state index is -1.04. The van der Waals surface area contributed by atoms with Crippen LogP contribution >= 0.6 is 0 Å². The van der Waals surface area contributed by atoms with E-state index in [2.05, 4.69) is 32.1 Å². The lowest BCUT2D eigenvalue weighted by atomic mass is 9.57. The van der Waals surface area contributed by atoms with Crippen LogP contribution in [0.2, 0.25) is 0 Å². The lowest BCUT2D eigenvalue weighted by molar-refractivity contribution is -0.382. The third-order valence-electron chi connectivity index (χ3n) is 9.15. The first-order chi connectivity index (χ1) is 14.1. The fourth-order valence-electron chi connectivity index (χ4n) is 7.08. The molecule has 1 aromatic carbocycles. The van der Waals surface area contributed by atoms with Crippen LogP contribution in [0.4, 0.5) is 0 Å². The normalized spacial score (nSPS) is 45.5. The molecule has 5 nitrogen and oxygen atoms in total. The van der Waals surface area contributed by atoms with Crippen LogP contribution in [0.3, 0.4) is 0 Å². The molecular formula is C25H34O5. The Kier molecular flexibility index (Phi) is 4.17. The van der Waals surface area contributed by atoms with E-state index in [0.29, 0.717) is 11.7 Å². The Balaban J connectivity index is 1.73. The van der Waals surface area contributed by atoms with E-state index in [1.165, 1.54) is 0 Å². The monoisotopic (exact) mass is 414 g/mol. The summed E-state index contributed by atoms with van der Waals surface area (Å²) in [6.45, 7) is 10.5. The Hall–Kier alpha value is -1.40. The van der Waals surface area contributed by atoms with Crippen molar-refractivity contribution in [2.24, 2.45) is 23.2 Å². The van der Waals surface area contributed by atoms with Crippen molar-refractivity contribution in [1.82, 2.24) is 0 Å². The van der Waals surface area contributed by atoms with Crippen LogP contribution in [0, 0.1) is 23.2 Å². The van der Waals surface area contributed by atoms with Gasteiger partial charge < -0.3 is 24.4 Å². The third kappa shape index (κ3) is 2.12. The minimum Gasteiger partial charge on any atom is -0.496 e. The van der Waals surface area contributed by atoms with E-state index in [1.807, 2.05) is 26.8 Å². The van der Waals surface area contributed by atoms with Gasteiger partial charge in [0.15, 0.2) is 5.79 Å². The fraction of sp³-hybridized carbons (Fsp3) is 0.680. The van der Waals surface area contributed by atoms with E-state index in [0.717, 1.165) is 29.5 Å². The van der Waals surface area contributed by atoms with Gasteiger partial charge in [-0.2, -0.15) is 0 Å². The third-order valence-corrected chi connectivity index (χ3v) is 9.15. The lowest BCUT2D eigenvalue weighted by Crippen LogP contribution is -2.64. The molecule has 3 fully saturated rings. The summed E-state index contributed by atoms with van der Waals surface area (Å²) in [4.78, 5) is 0. The second-order valence-electron chi connectivity index (χ2n) is 10.5. The SMILES string of the molecule is COc1ccc2c(c1CO)C=C[C@]1(C)[C@H]3CC[C@@]21O[C@@]1(OC(C)(C)[C@@H](C)[C@H]1O)[C@H]3C. The van der Waals surface area contributed by atoms with Crippen LogP contribution < -0.4 is 4.74 Å². The first kappa shape index (κ1) is 20.5. The number of hydrogen-bond donors (Lipinski definition) is 2. The average Bonchev–Trinajstić information content (AvgIpc) is 3.04. The number of aliphatic hydroxyl groups is 2. The van der Waals surface area contributed by atoms with Gasteiger partial charge in [-0.25, -0.2) is 0 Å². The molecule has 5 heteroatoms. The zero-order valence-electron chi connectivity index (χ0n) is 18.9. The van der Waals surface area contributed by atoms with Gasteiger partial charge in [0.2, 0.25) is 0 Å². The van der Waals surface area contributed by atoms with Crippen molar-refractivity contribution >= 4 is 6.08 Å². The lowest BCUT2D eigenvalue weighted by Gasteiger charge is -2.59. The van der Waals surface area contributed by atoms with E-state index in [4.69, 9.17) is 14.2 Å². The quantitative estimate of drug-likeness (QED) is 0.766. The molecule has 4 aliphatic rings. The van der Waals surface area contributed by atoms with Crippen LogP contribution in [-0.4, -0.2) is 34.8 Å². The first-order valence-corrected chi connectivity index (χ1v) is 11.2. The van der Waals surface area contributed by atoms with E-state index >= 15 is 0 Å². The smallest absolute Gasteiger partial charge is 0.199 e. The largest absolute Gasteiger partial charge is 0.496 e. The summed E-state index contributed by atoms with van der Waals surface area (Å²) >= 11 is 0. The highest BCUT2D eigenvalue weighted by atomic mass is 16.7. The molecule has 5 rings (SSSR count). The predicted molar refractivity (Wildman–Crippen MR) is 114 cm³/mol. The number of fused-ring (bicyclic) bond motifs is 1. The van der Waals surface area contributed by atoms with Crippen molar-refractivity contribution in [3.8, 4) is 5.75 Å². The van der Waals surface area contributed by atoms with E-state index < -0.39 is 23.1 Å². The summed E-state index contributed by atoms with van der Waals surface area (Å²) in [5.74, 6) is -0.0141. The topological polar surface area (TPSA) is 68.2 Å². The van der Waals surface area contributed by atoms with E-state index in [9.17, 15) is 10.2 Å². The molecule has 0 amide bonds. The van der Waals surface area contributed by atoms with Gasteiger partial charge in [0, 0.05) is 22.8 Å². The van der Waals surface area contributed by atoms with Crippen LogP contribution in [0.25, 0.3) is 6.08 Å². The number of ether oxygens (including phenoxy) is 3. The second-order valence-corrected chi connectivity index (χ2v) is 10.5. The highest BCUT2D eigenvalue weighted by molar-refractivity contribution is 5.68. The molecule has 2 heterocycles. The van der Waals surface area contributed by atoms with Gasteiger partial charge >= 0.3 is 0 Å². The summed E-state index contributed by atoms with van der Waals surface area (Å²) in [6, 6.07) is 4.01. The van der Waals surface area contributed by atoms with Crippen LogP contribution in [-0.2, 0) is 21.7 Å². The molecule has 2 saturated heterocycles. The second kappa shape index (κ2) is 6.10. The molecule has 2 bridgehead atoms. The molecule has 30 heavy (non-hydrogen) atoms. The highest BCUT2D eigenvalue weighted by Crippen LogP contribution is 2.71. The first-order valence-electron chi connectivity index (χ1n) is 11.2. The predicted octanol–water partition coefficient (Wildman–Crippen LogP) is 3.99. The molecule has 1 saturated carbocycles.